The van der Waals surface area contributed by atoms with Crippen LogP contribution in [0.2, 0.25) is 5.02 Å². The number of nitriles is 2. The lowest BCUT2D eigenvalue weighted by molar-refractivity contribution is -0.169. The van der Waals surface area contributed by atoms with Crippen LogP contribution in [0.15, 0.2) is 131 Å². The Kier molecular flexibility index (Phi) is 24.7. The summed E-state index contributed by atoms with van der Waals surface area (Å²) in [6.07, 6.45) is -1.08. The molecule has 2 N–H and O–H groups in total. The summed E-state index contributed by atoms with van der Waals surface area (Å²) in [5, 5.41) is 38.5. The lowest BCUT2D eigenvalue weighted by Gasteiger charge is -2.32. The van der Waals surface area contributed by atoms with Gasteiger partial charge in [-0.05, 0) is 208 Å². The van der Waals surface area contributed by atoms with E-state index >= 15 is 0 Å². The van der Waals surface area contributed by atoms with Crippen LogP contribution < -0.4 is 5.46 Å². The quantitative estimate of drug-likeness (QED) is 0.0713. The van der Waals surface area contributed by atoms with Crippen molar-refractivity contribution < 1.29 is 77.3 Å². The van der Waals surface area contributed by atoms with Crippen molar-refractivity contribution in [3.8, 4) is 23.3 Å². The van der Waals surface area contributed by atoms with Gasteiger partial charge in [0.25, 0.3) is 11.8 Å². The highest BCUT2D eigenvalue weighted by molar-refractivity contribution is 9.10. The average molecular weight is 1530 g/mol. The van der Waals surface area contributed by atoms with E-state index in [4.69, 9.17) is 35.5 Å². The zero-order valence-corrected chi connectivity index (χ0v) is 57.8. The van der Waals surface area contributed by atoms with Crippen molar-refractivity contribution in [2.75, 3.05) is 13.9 Å². The van der Waals surface area contributed by atoms with Crippen molar-refractivity contribution in [2.24, 2.45) is 0 Å². The molecular weight excluding hydrogens is 1460 g/mol. The highest BCUT2D eigenvalue weighted by Gasteiger charge is 2.54. The van der Waals surface area contributed by atoms with Crippen LogP contribution in [0.5, 0.6) is 0 Å². The first-order valence-electron chi connectivity index (χ1n) is 31.1. The molecule has 0 radical (unpaired) electrons. The Balaban J connectivity index is 0.000000159. The summed E-state index contributed by atoms with van der Waals surface area (Å²) in [6.45, 7) is 5.51. The molecule has 13 rings (SSSR count). The fraction of sp³-hybridized carbons (Fsp3) is 0.361. The van der Waals surface area contributed by atoms with E-state index in [2.05, 4.69) is 51.8 Å². The molecule has 5 heterocycles. The number of benzene rings is 4. The van der Waals surface area contributed by atoms with Crippen LogP contribution >= 0.6 is 43.5 Å². The molecule has 4 aliphatic carbocycles. The molecule has 8 aromatic rings. The number of aliphatic hydroxyl groups is 2. The number of nitrogens with zero attached hydrogens (tertiary/aromatic N) is 6. The predicted molar refractivity (Wildman–Crippen MR) is 355 cm³/mol. The van der Waals surface area contributed by atoms with E-state index in [1.165, 1.54) is 25.4 Å². The summed E-state index contributed by atoms with van der Waals surface area (Å²) in [5.41, 5.74) is 4.37. The molecule has 4 aromatic heterocycles. The highest BCUT2D eigenvalue weighted by atomic mass is 79.9. The Hall–Kier alpha value is -7.24. The van der Waals surface area contributed by atoms with E-state index in [0.29, 0.717) is 56.8 Å². The van der Waals surface area contributed by atoms with E-state index < -0.39 is 111 Å². The molecule has 0 unspecified atom stereocenters. The second kappa shape index (κ2) is 32.2. The van der Waals surface area contributed by atoms with Gasteiger partial charge in [0.1, 0.15) is 56.9 Å². The maximum Gasteiger partial charge on any atom is 0.496 e. The van der Waals surface area contributed by atoms with E-state index in [-0.39, 0.29) is 93.4 Å². The van der Waals surface area contributed by atoms with Crippen molar-refractivity contribution in [1.29, 1.82) is 10.5 Å². The Morgan fingerprint density at radius 2 is 1.06 bits per heavy atom. The molecule has 0 bridgehead atoms. The van der Waals surface area contributed by atoms with Crippen molar-refractivity contribution in [1.82, 2.24) is 19.9 Å². The fourth-order valence-electron chi connectivity index (χ4n) is 12.8. The summed E-state index contributed by atoms with van der Waals surface area (Å²) in [7, 11) is 0.792. The number of rotatable bonds is 11. The number of methoxy groups -OCH3 is 1. The third kappa shape index (κ3) is 16.3. The van der Waals surface area contributed by atoms with Crippen LogP contribution in [0.25, 0.3) is 11.1 Å². The Labute approximate surface area is 587 Å². The second-order valence-electron chi connectivity index (χ2n) is 24.7. The van der Waals surface area contributed by atoms with Crippen LogP contribution in [-0.4, -0.2) is 74.2 Å². The molecule has 0 saturated carbocycles. The molecule has 0 amide bonds. The Morgan fingerprint density at radius 3 is 1.54 bits per heavy atom. The van der Waals surface area contributed by atoms with Gasteiger partial charge >= 0.3 is 7.12 Å². The van der Waals surface area contributed by atoms with E-state index in [0.717, 1.165) is 33.2 Å². The summed E-state index contributed by atoms with van der Waals surface area (Å²) in [6, 6.07) is 28.2. The van der Waals surface area contributed by atoms with Crippen LogP contribution in [0.4, 0.5) is 48.3 Å². The summed E-state index contributed by atoms with van der Waals surface area (Å²) < 4.78 is 178. The van der Waals surface area contributed by atoms with Crippen LogP contribution in [0.1, 0.15) is 179 Å². The molecule has 4 aromatic carbocycles. The van der Waals surface area contributed by atoms with Gasteiger partial charge in [-0.2, -0.15) is 10.5 Å². The van der Waals surface area contributed by atoms with Gasteiger partial charge in [-0.3, -0.25) is 19.9 Å². The van der Waals surface area contributed by atoms with Gasteiger partial charge in [0, 0.05) is 87.1 Å². The predicted octanol–water partition coefficient (Wildman–Crippen LogP) is 18.0. The van der Waals surface area contributed by atoms with Gasteiger partial charge in [0.15, 0.2) is 6.10 Å². The SMILES string of the molecule is CC1(C)OB(c2cccnc2CF)OC1(C)C.COCO[C@H]1c2c(Cl)ccc([C@H]3CC[C@H](F)c4cc(F)cc(C#N)c43)c2CC1(F)F.FCc1ncccc1Br.N#Cc1cc(F)cc2c1[C@@H](c1ccc(-c3cccnc3CF)c3c1CC(F)(F)[C@H]3O)CC[C@@H]2F.OCc1ncccc1Br. The lowest BCUT2D eigenvalue weighted by atomic mass is 9.74. The number of halogens is 14. The molecule has 0 spiro atoms. The molecule has 520 valence electrons. The van der Waals surface area contributed by atoms with Gasteiger partial charge in [0.05, 0.1) is 63.9 Å². The largest absolute Gasteiger partial charge is 0.496 e. The third-order valence-corrected chi connectivity index (χ3v) is 20.0. The van der Waals surface area contributed by atoms with Crippen molar-refractivity contribution >= 4 is 56.0 Å². The normalized spacial score (nSPS) is 20.6. The number of alkyl halides is 9. The van der Waals surface area contributed by atoms with E-state index in [1.54, 1.807) is 67.1 Å². The highest BCUT2D eigenvalue weighted by Crippen LogP contribution is 2.56. The van der Waals surface area contributed by atoms with E-state index in [1.807, 2.05) is 52.0 Å². The number of aromatic nitrogens is 4. The van der Waals surface area contributed by atoms with Gasteiger partial charge in [-0.1, -0.05) is 41.9 Å². The first-order valence-corrected chi connectivity index (χ1v) is 33.0. The average Bonchev–Trinajstić information content (AvgIpc) is 1.66. The minimum atomic E-state index is -3.47. The van der Waals surface area contributed by atoms with Crippen molar-refractivity contribution in [3.63, 3.8) is 0 Å². The molecule has 6 atom stereocenters. The van der Waals surface area contributed by atoms with Crippen molar-refractivity contribution in [3.05, 3.63) is 237 Å². The number of aliphatic hydroxyl groups excluding tert-OH is 2. The van der Waals surface area contributed by atoms with Crippen LogP contribution in [-0.2, 0) is 58.3 Å². The maximum atomic E-state index is 14.8. The monoisotopic (exact) mass is 1520 g/mol. The van der Waals surface area contributed by atoms with Gasteiger partial charge in [-0.15, -0.1) is 0 Å². The Morgan fingerprint density at radius 1 is 0.596 bits per heavy atom. The smallest absolute Gasteiger partial charge is 0.399 e. The number of hydrogen-bond donors (Lipinski definition) is 2. The lowest BCUT2D eigenvalue weighted by Crippen LogP contribution is -2.41. The van der Waals surface area contributed by atoms with Crippen LogP contribution in [0, 0.1) is 34.3 Å². The standard InChI is InChI=1S/C26H19F5N2O.C22H18ClF4NO2.C12H17BFNO2.C6H5BrFN.C6H6BrNO/c27-11-22-16(2-1-7-33-22)18-4-3-15(20-10-26(30,31)25(34)24(18)20)17-5-6-21(29)19-9-14(28)8-13(12-32)23(17)19;1-29-10-30-21-20-16(8-22(21,26)27)13(2-4-17(20)23)14-3-5-18(25)15-7-12(24)6-11(9-28)19(14)15;1-11(2)12(3,4)17-13(16-11)9-6-5-7-15-10(9)8-14;7-5-2-1-3-9-6(5)4-8;7-5-2-1-3-8-6(5)4-9/h1-4,7-9,17,21,25,34H,5-6,10-11H2;2,4,6-7,14,18,21H,3,5,8,10H2,1H3;5-7H,8H2,1-4H3;1-3H,4H2;1-3,9H,4H2/t17-,21+,25+;14-,18+,21+;;;/m11.../s1. The zero-order valence-electron chi connectivity index (χ0n) is 53.9. The van der Waals surface area contributed by atoms with Crippen molar-refractivity contribution in [2.45, 2.75) is 152 Å². The van der Waals surface area contributed by atoms with E-state index in [9.17, 15) is 63.9 Å². The summed E-state index contributed by atoms with van der Waals surface area (Å²) in [5.74, 6) is -9.26. The van der Waals surface area contributed by atoms with Gasteiger partial charge in [-0.25, -0.2) is 48.3 Å². The third-order valence-electron chi connectivity index (χ3n) is 18.2. The topological polar surface area (TPSA) is 177 Å². The molecule has 99 heavy (non-hydrogen) atoms. The molecule has 27 heteroatoms. The number of ether oxygens (including phenoxy) is 2. The summed E-state index contributed by atoms with van der Waals surface area (Å²) in [4.78, 5) is 15.7. The minimum Gasteiger partial charge on any atom is -0.399 e. The molecule has 1 aliphatic heterocycles. The molecule has 12 nitrogen and oxygen atoms in total. The fourth-order valence-corrected chi connectivity index (χ4v) is 13.8. The number of fused-ring (bicyclic) bond motifs is 4. The second-order valence-corrected chi connectivity index (χ2v) is 26.8. The van der Waals surface area contributed by atoms with Crippen LogP contribution in [0.3, 0.4) is 0 Å². The minimum absolute atomic E-state index is 0.0120. The molecule has 5 aliphatic rings. The maximum absolute atomic E-state index is 14.8. The molecular formula is C72H65BBr2ClF11N6O6. The molecule has 1 saturated heterocycles. The number of hydrogen-bond acceptors (Lipinski definition) is 12. The zero-order chi connectivity index (χ0) is 71.9. The Bertz CT molecular complexity index is 4260. The summed E-state index contributed by atoms with van der Waals surface area (Å²) >= 11 is 12.7. The molecule has 1 fully saturated rings. The number of pyridine rings is 4. The van der Waals surface area contributed by atoms with Gasteiger partial charge in [0.2, 0.25) is 0 Å². The van der Waals surface area contributed by atoms with Gasteiger partial charge < -0.3 is 29.0 Å². The first-order chi connectivity index (χ1) is 47.1. The first kappa shape index (κ1) is 76.0.